The van der Waals surface area contributed by atoms with Gasteiger partial charge in [-0.2, -0.15) is 5.10 Å². The number of aromatic nitrogens is 3. The fourth-order valence-corrected chi connectivity index (χ4v) is 2.89. The van der Waals surface area contributed by atoms with Gasteiger partial charge in [0.25, 0.3) is 5.91 Å². The van der Waals surface area contributed by atoms with Crippen LogP contribution >= 0.6 is 11.3 Å². The predicted octanol–water partition coefficient (Wildman–Crippen LogP) is 2.60. The molecule has 1 aromatic carbocycles. The fraction of sp³-hybridized carbons (Fsp3) is 0.214. The van der Waals surface area contributed by atoms with Crippen LogP contribution < -0.4 is 0 Å². The molecule has 0 bridgehead atoms. The van der Waals surface area contributed by atoms with Gasteiger partial charge in [0.15, 0.2) is 0 Å². The Balaban J connectivity index is 1.82. The Labute approximate surface area is 120 Å². The van der Waals surface area contributed by atoms with Gasteiger partial charge >= 0.3 is 0 Å². The zero-order valence-electron chi connectivity index (χ0n) is 11.3. The third-order valence-corrected chi connectivity index (χ3v) is 4.18. The minimum atomic E-state index is -0.00528. The Morgan fingerprint density at radius 3 is 3.05 bits per heavy atom. The number of nitrogens with one attached hydrogen (secondary N) is 1. The number of rotatable bonds is 3. The fourth-order valence-electron chi connectivity index (χ4n) is 2.06. The van der Waals surface area contributed by atoms with E-state index in [9.17, 15) is 4.79 Å². The Hall–Kier alpha value is -2.21. The van der Waals surface area contributed by atoms with E-state index in [1.54, 1.807) is 35.0 Å². The molecule has 2 heterocycles. The number of aryl methyl sites for hydroxylation is 1. The van der Waals surface area contributed by atoms with E-state index in [2.05, 4.69) is 15.2 Å². The van der Waals surface area contributed by atoms with Crippen molar-refractivity contribution < 1.29 is 4.79 Å². The molecule has 0 unspecified atom stereocenters. The van der Waals surface area contributed by atoms with Crippen molar-refractivity contribution in [1.82, 2.24) is 20.1 Å². The van der Waals surface area contributed by atoms with Crippen molar-refractivity contribution >= 4 is 28.1 Å². The maximum Gasteiger partial charge on any atom is 0.253 e. The van der Waals surface area contributed by atoms with Crippen molar-refractivity contribution in [2.24, 2.45) is 0 Å². The summed E-state index contributed by atoms with van der Waals surface area (Å²) >= 11 is 1.57. The molecule has 2 aromatic heterocycles. The van der Waals surface area contributed by atoms with Crippen molar-refractivity contribution in [3.63, 3.8) is 0 Å². The molecular weight excluding hydrogens is 272 g/mol. The highest BCUT2D eigenvalue weighted by Gasteiger charge is 2.14. The molecule has 0 saturated carbocycles. The second-order valence-electron chi connectivity index (χ2n) is 4.69. The minimum absolute atomic E-state index is 0.00528. The number of hydrogen-bond donors (Lipinski definition) is 1. The van der Waals surface area contributed by atoms with Gasteiger partial charge in [0, 0.05) is 22.9 Å². The molecule has 0 fully saturated rings. The summed E-state index contributed by atoms with van der Waals surface area (Å²) in [6.45, 7) is 2.54. The summed E-state index contributed by atoms with van der Waals surface area (Å²) in [5.74, 6) is -0.00528. The number of amides is 1. The first-order valence-electron chi connectivity index (χ1n) is 6.22. The van der Waals surface area contributed by atoms with Gasteiger partial charge in [-0.1, -0.05) is 6.07 Å². The minimum Gasteiger partial charge on any atom is -0.336 e. The SMILES string of the molecule is Cc1ncsc1CN(C)C(=O)c1ccc2cn[nH]c2c1. The normalized spacial score (nSPS) is 10.9. The molecule has 20 heavy (non-hydrogen) atoms. The summed E-state index contributed by atoms with van der Waals surface area (Å²) in [4.78, 5) is 19.4. The smallest absolute Gasteiger partial charge is 0.253 e. The van der Waals surface area contributed by atoms with Crippen molar-refractivity contribution in [1.29, 1.82) is 0 Å². The van der Waals surface area contributed by atoms with Gasteiger partial charge in [-0.15, -0.1) is 11.3 Å². The Kier molecular flexibility index (Phi) is 3.23. The number of hydrogen-bond acceptors (Lipinski definition) is 4. The third kappa shape index (κ3) is 2.30. The van der Waals surface area contributed by atoms with E-state index in [1.807, 2.05) is 25.1 Å². The summed E-state index contributed by atoms with van der Waals surface area (Å²) in [7, 11) is 1.80. The monoisotopic (exact) mass is 286 g/mol. The number of H-pyrrole nitrogens is 1. The first kappa shape index (κ1) is 12.8. The maximum absolute atomic E-state index is 12.4. The average molecular weight is 286 g/mol. The van der Waals surface area contributed by atoms with Crippen LogP contribution in [0, 0.1) is 6.92 Å². The van der Waals surface area contributed by atoms with E-state index in [0.717, 1.165) is 21.5 Å². The first-order chi connectivity index (χ1) is 9.65. The van der Waals surface area contributed by atoms with Crippen molar-refractivity contribution in [3.05, 3.63) is 46.0 Å². The van der Waals surface area contributed by atoms with Crippen LogP contribution in [0.25, 0.3) is 10.9 Å². The summed E-state index contributed by atoms with van der Waals surface area (Å²) < 4.78 is 0. The number of carbonyl (C=O) groups excluding carboxylic acids is 1. The highest BCUT2D eigenvalue weighted by Crippen LogP contribution is 2.17. The molecular formula is C14H14N4OS. The average Bonchev–Trinajstić information content (AvgIpc) is 3.06. The van der Waals surface area contributed by atoms with Crippen LogP contribution in [0.15, 0.2) is 29.9 Å². The topological polar surface area (TPSA) is 61.9 Å². The molecule has 0 saturated heterocycles. The highest BCUT2D eigenvalue weighted by molar-refractivity contribution is 7.09. The van der Waals surface area contributed by atoms with Crippen LogP contribution in [0.4, 0.5) is 0 Å². The van der Waals surface area contributed by atoms with Crippen LogP contribution in [-0.2, 0) is 6.54 Å². The van der Waals surface area contributed by atoms with E-state index in [4.69, 9.17) is 0 Å². The second-order valence-corrected chi connectivity index (χ2v) is 5.63. The molecule has 5 nitrogen and oxygen atoms in total. The Morgan fingerprint density at radius 2 is 2.30 bits per heavy atom. The van der Waals surface area contributed by atoms with Gasteiger partial charge < -0.3 is 4.90 Å². The van der Waals surface area contributed by atoms with Crippen molar-refractivity contribution in [2.45, 2.75) is 13.5 Å². The molecule has 0 aliphatic rings. The maximum atomic E-state index is 12.4. The van der Waals surface area contributed by atoms with Crippen molar-refractivity contribution in [2.75, 3.05) is 7.05 Å². The molecule has 1 N–H and O–H groups in total. The van der Waals surface area contributed by atoms with Gasteiger partial charge in [-0.05, 0) is 19.1 Å². The Morgan fingerprint density at radius 1 is 1.45 bits per heavy atom. The lowest BCUT2D eigenvalue weighted by Gasteiger charge is -2.16. The number of carbonyl (C=O) groups is 1. The molecule has 3 rings (SSSR count). The molecule has 1 amide bonds. The van der Waals surface area contributed by atoms with E-state index in [1.165, 1.54) is 0 Å². The van der Waals surface area contributed by atoms with Gasteiger partial charge in [0.1, 0.15) is 0 Å². The van der Waals surface area contributed by atoms with Crippen LogP contribution in [0.3, 0.4) is 0 Å². The molecule has 3 aromatic rings. The standard InChI is InChI=1S/C14H14N4OS/c1-9-13(20-8-15-9)7-18(2)14(19)10-3-4-11-6-16-17-12(11)5-10/h3-6,8H,7H2,1-2H3,(H,16,17). The zero-order chi connectivity index (χ0) is 14.1. The lowest BCUT2D eigenvalue weighted by molar-refractivity contribution is 0.0786. The summed E-state index contributed by atoms with van der Waals surface area (Å²) in [6, 6.07) is 5.56. The Bertz CT molecular complexity index is 761. The summed E-state index contributed by atoms with van der Waals surface area (Å²) in [6.07, 6.45) is 1.74. The zero-order valence-corrected chi connectivity index (χ0v) is 12.1. The number of nitrogens with zero attached hydrogens (tertiary/aromatic N) is 3. The predicted molar refractivity (Wildman–Crippen MR) is 78.7 cm³/mol. The molecule has 102 valence electrons. The lowest BCUT2D eigenvalue weighted by Crippen LogP contribution is -2.26. The highest BCUT2D eigenvalue weighted by atomic mass is 32.1. The third-order valence-electron chi connectivity index (χ3n) is 3.26. The van der Waals surface area contributed by atoms with Crippen molar-refractivity contribution in [3.8, 4) is 0 Å². The van der Waals surface area contributed by atoms with Gasteiger partial charge in [0.05, 0.1) is 29.5 Å². The largest absolute Gasteiger partial charge is 0.336 e. The number of benzene rings is 1. The van der Waals surface area contributed by atoms with Gasteiger partial charge in [0.2, 0.25) is 0 Å². The number of thiazole rings is 1. The number of aromatic amines is 1. The molecule has 0 atom stereocenters. The molecule has 6 heteroatoms. The molecule has 0 radical (unpaired) electrons. The van der Waals surface area contributed by atoms with E-state index < -0.39 is 0 Å². The van der Waals surface area contributed by atoms with Gasteiger partial charge in [-0.3, -0.25) is 9.89 Å². The van der Waals surface area contributed by atoms with E-state index in [-0.39, 0.29) is 5.91 Å². The van der Waals surface area contributed by atoms with E-state index >= 15 is 0 Å². The van der Waals surface area contributed by atoms with E-state index in [0.29, 0.717) is 12.1 Å². The second kappa shape index (κ2) is 5.05. The van der Waals surface area contributed by atoms with Gasteiger partial charge in [-0.25, -0.2) is 4.98 Å². The molecule has 0 aliphatic heterocycles. The van der Waals surface area contributed by atoms with Crippen LogP contribution in [-0.4, -0.2) is 33.0 Å². The van der Waals surface area contributed by atoms with Crippen LogP contribution in [0.5, 0.6) is 0 Å². The molecule has 0 spiro atoms. The lowest BCUT2D eigenvalue weighted by atomic mass is 10.1. The molecule has 0 aliphatic carbocycles. The summed E-state index contributed by atoms with van der Waals surface area (Å²) in [5.41, 5.74) is 4.32. The van der Waals surface area contributed by atoms with Crippen LogP contribution in [0.2, 0.25) is 0 Å². The first-order valence-corrected chi connectivity index (χ1v) is 7.10. The summed E-state index contributed by atoms with van der Waals surface area (Å²) in [5, 5.41) is 7.84. The van der Waals surface area contributed by atoms with Crippen LogP contribution in [0.1, 0.15) is 20.9 Å². The number of fused-ring (bicyclic) bond motifs is 1. The quantitative estimate of drug-likeness (QED) is 0.805.